The lowest BCUT2D eigenvalue weighted by atomic mass is 10.1. The number of carbonyl (C=O) groups excluding carboxylic acids is 1. The van der Waals surface area contributed by atoms with E-state index in [-0.39, 0.29) is 18.0 Å². The predicted octanol–water partition coefficient (Wildman–Crippen LogP) is 1.21. The normalized spacial score (nSPS) is 12.2. The van der Waals surface area contributed by atoms with E-state index < -0.39 is 17.5 Å². The quantitative estimate of drug-likeness (QED) is 0.483. The molecule has 0 saturated carbocycles. The number of aromatic nitrogens is 1. The minimum Gasteiger partial charge on any atom is -0.478 e. The first-order valence-electron chi connectivity index (χ1n) is 6.53. The van der Waals surface area contributed by atoms with Crippen LogP contribution in [0.4, 0.5) is 5.13 Å². The van der Waals surface area contributed by atoms with Crippen molar-refractivity contribution in [1.29, 1.82) is 5.41 Å². The molecule has 9 nitrogen and oxygen atoms in total. The molecule has 0 radical (unpaired) electrons. The fourth-order valence-electron chi connectivity index (χ4n) is 1.17. The molecule has 1 heterocycles. The molecule has 3 N–H and O–H groups in total. The van der Waals surface area contributed by atoms with E-state index in [1.165, 1.54) is 25.2 Å². The van der Waals surface area contributed by atoms with Gasteiger partial charge >= 0.3 is 5.97 Å². The first kappa shape index (κ1) is 18.4. The Morgan fingerprint density at radius 3 is 2.83 bits per heavy atom. The summed E-state index contributed by atoms with van der Waals surface area (Å²) in [6, 6.07) is 0. The minimum atomic E-state index is -1.60. The summed E-state index contributed by atoms with van der Waals surface area (Å²) in [7, 11) is 0. The number of aliphatic imine (C=N–C) groups is 1. The Morgan fingerprint density at radius 2 is 2.26 bits per heavy atom. The number of hydrogen-bond donors (Lipinski definition) is 3. The van der Waals surface area contributed by atoms with Crippen LogP contribution in [0.2, 0.25) is 0 Å². The molecule has 0 aliphatic heterocycles. The number of carboxylic acids is 1. The van der Waals surface area contributed by atoms with Gasteiger partial charge in [-0.2, -0.15) is 0 Å². The predicted molar refractivity (Wildman–Crippen MR) is 87.1 cm³/mol. The summed E-state index contributed by atoms with van der Waals surface area (Å²) in [6.45, 7) is 4.34. The topological polar surface area (TPSA) is 137 Å². The smallest absolute Gasteiger partial charge is 0.350 e. The highest BCUT2D eigenvalue weighted by Gasteiger charge is 2.31. The van der Waals surface area contributed by atoms with Gasteiger partial charge in [-0.05, 0) is 20.8 Å². The van der Waals surface area contributed by atoms with Crippen LogP contribution in [0.5, 0.6) is 0 Å². The molecule has 0 aliphatic rings. The maximum Gasteiger partial charge on any atom is 0.350 e. The van der Waals surface area contributed by atoms with Crippen LogP contribution in [-0.2, 0) is 14.4 Å². The van der Waals surface area contributed by atoms with Gasteiger partial charge in [0.15, 0.2) is 5.71 Å². The zero-order valence-electron chi connectivity index (χ0n) is 12.9. The molecule has 0 fully saturated rings. The number of carboxylic acid groups (broad SMARTS) is 1. The lowest BCUT2D eigenvalue weighted by Crippen LogP contribution is -2.36. The van der Waals surface area contributed by atoms with E-state index in [4.69, 9.17) is 15.4 Å². The van der Waals surface area contributed by atoms with Gasteiger partial charge in [-0.25, -0.2) is 14.8 Å². The summed E-state index contributed by atoms with van der Waals surface area (Å²) in [6.07, 6.45) is 2.56. The van der Waals surface area contributed by atoms with Crippen molar-refractivity contribution in [2.24, 2.45) is 10.1 Å². The molecule has 1 aromatic rings. The molecule has 0 aromatic carbocycles. The Labute approximate surface area is 136 Å². The van der Waals surface area contributed by atoms with Gasteiger partial charge < -0.3 is 20.7 Å². The second-order valence-electron chi connectivity index (χ2n) is 4.66. The minimum absolute atomic E-state index is 0.00425. The van der Waals surface area contributed by atoms with E-state index in [0.717, 1.165) is 6.21 Å². The van der Waals surface area contributed by atoms with E-state index >= 15 is 0 Å². The summed E-state index contributed by atoms with van der Waals surface area (Å²) in [5, 5.41) is 24.0. The summed E-state index contributed by atoms with van der Waals surface area (Å²) < 4.78 is 0. The van der Waals surface area contributed by atoms with Crippen molar-refractivity contribution in [3.05, 3.63) is 11.1 Å². The molecule has 23 heavy (non-hydrogen) atoms. The van der Waals surface area contributed by atoms with E-state index in [2.05, 4.69) is 20.4 Å². The number of thiazole rings is 1. The number of nitrogens with zero attached hydrogens (tertiary/aromatic N) is 3. The number of rotatable bonds is 8. The van der Waals surface area contributed by atoms with Crippen LogP contribution in [0.1, 0.15) is 26.5 Å². The third-order valence-corrected chi connectivity index (χ3v) is 3.18. The Morgan fingerprint density at radius 1 is 1.57 bits per heavy atom. The first-order valence-corrected chi connectivity index (χ1v) is 7.41. The summed E-state index contributed by atoms with van der Waals surface area (Å²) in [5.41, 5.74) is -1.58. The molecule has 0 bridgehead atoms. The van der Waals surface area contributed by atoms with E-state index in [1.54, 1.807) is 18.5 Å². The van der Waals surface area contributed by atoms with Gasteiger partial charge in [0.1, 0.15) is 5.69 Å². The van der Waals surface area contributed by atoms with Gasteiger partial charge in [0.05, 0.1) is 6.54 Å². The molecule has 1 rings (SSSR count). The highest BCUT2D eigenvalue weighted by molar-refractivity contribution is 7.13. The molecule has 0 saturated heterocycles. The summed E-state index contributed by atoms with van der Waals surface area (Å²) in [4.78, 5) is 36.2. The molecule has 10 heteroatoms. The molecule has 0 spiro atoms. The van der Waals surface area contributed by atoms with E-state index in [0.29, 0.717) is 5.13 Å². The number of hydrogen-bond acceptors (Lipinski definition) is 8. The monoisotopic (exact) mass is 339 g/mol. The fourth-order valence-corrected chi connectivity index (χ4v) is 1.87. The molecule has 0 aliphatic carbocycles. The number of aliphatic carboxylic acids is 1. The van der Waals surface area contributed by atoms with E-state index in [1.807, 2.05) is 0 Å². The summed E-state index contributed by atoms with van der Waals surface area (Å²) in [5.74, 6) is -1.86. The lowest BCUT2D eigenvalue weighted by Gasteiger charge is -2.17. The van der Waals surface area contributed by atoms with Crippen molar-refractivity contribution in [3.63, 3.8) is 0 Å². The number of carbonyl (C=O) groups is 2. The van der Waals surface area contributed by atoms with Crippen molar-refractivity contribution in [3.8, 4) is 0 Å². The Kier molecular flexibility index (Phi) is 6.51. The van der Waals surface area contributed by atoms with Gasteiger partial charge in [-0.15, -0.1) is 11.3 Å². The molecule has 124 valence electrons. The maximum atomic E-state index is 12.1. The van der Waals surface area contributed by atoms with Crippen LogP contribution < -0.4 is 5.32 Å². The SMILES string of the molecule is C/C=N/c1nc(/C(=N/OC(C)(C)C(=O)O)C(=O)NCC=N)cs1. The Balaban J connectivity index is 3.12. The maximum absolute atomic E-state index is 12.1. The highest BCUT2D eigenvalue weighted by Crippen LogP contribution is 2.19. The van der Waals surface area contributed by atoms with Crippen LogP contribution in [0.25, 0.3) is 0 Å². The first-order chi connectivity index (χ1) is 10.8. The standard InChI is InChI=1S/C13H17N5O4S/c1-4-15-12-17-8(7-23-12)9(10(19)16-6-5-14)18-22-13(2,3)11(20)21/h4-5,7,14H,6H2,1-3H3,(H,16,19)(H,20,21)/b14-5?,15-4+,18-9-. The number of oxime groups is 1. The van der Waals surface area contributed by atoms with Crippen LogP contribution in [-0.4, -0.2) is 52.3 Å². The number of amides is 1. The molecule has 1 aromatic heterocycles. The van der Waals surface area contributed by atoms with Crippen LogP contribution in [0.15, 0.2) is 15.5 Å². The van der Waals surface area contributed by atoms with Crippen molar-refractivity contribution < 1.29 is 19.5 Å². The molecular weight excluding hydrogens is 322 g/mol. The second-order valence-corrected chi connectivity index (χ2v) is 5.50. The van der Waals surface area contributed by atoms with Crippen LogP contribution in [0.3, 0.4) is 0 Å². The third-order valence-electron chi connectivity index (χ3n) is 2.43. The van der Waals surface area contributed by atoms with E-state index in [9.17, 15) is 9.59 Å². The van der Waals surface area contributed by atoms with Gasteiger partial charge in [0.2, 0.25) is 10.7 Å². The average Bonchev–Trinajstić information content (AvgIpc) is 2.93. The van der Waals surface area contributed by atoms with Gasteiger partial charge in [-0.3, -0.25) is 4.79 Å². The average molecular weight is 339 g/mol. The zero-order valence-corrected chi connectivity index (χ0v) is 13.7. The molecule has 0 atom stereocenters. The van der Waals surface area contributed by atoms with Gasteiger partial charge in [-0.1, -0.05) is 5.16 Å². The van der Waals surface area contributed by atoms with Crippen LogP contribution >= 0.6 is 11.3 Å². The molecule has 1 amide bonds. The van der Waals surface area contributed by atoms with Gasteiger partial charge in [0, 0.05) is 17.8 Å². The lowest BCUT2D eigenvalue weighted by molar-refractivity contribution is -0.161. The largest absolute Gasteiger partial charge is 0.478 e. The molecule has 0 unspecified atom stereocenters. The Bertz CT molecular complexity index is 651. The highest BCUT2D eigenvalue weighted by atomic mass is 32.1. The van der Waals surface area contributed by atoms with Crippen LogP contribution in [0, 0.1) is 5.41 Å². The molecular formula is C13H17N5O4S. The van der Waals surface area contributed by atoms with Crippen molar-refractivity contribution >= 4 is 46.5 Å². The van der Waals surface area contributed by atoms with Gasteiger partial charge in [0.25, 0.3) is 5.91 Å². The number of nitrogens with one attached hydrogen (secondary N) is 2. The van der Waals surface area contributed by atoms with Crippen molar-refractivity contribution in [2.45, 2.75) is 26.4 Å². The van der Waals surface area contributed by atoms with Crippen molar-refractivity contribution in [2.75, 3.05) is 6.54 Å². The third kappa shape index (κ3) is 5.25. The zero-order chi connectivity index (χ0) is 17.5. The second kappa shape index (κ2) is 8.13. The van der Waals surface area contributed by atoms with Crippen molar-refractivity contribution in [1.82, 2.24) is 10.3 Å². The Hall–Kier alpha value is -2.62. The fraction of sp³-hybridized carbons (Fsp3) is 0.385. The summed E-state index contributed by atoms with van der Waals surface area (Å²) >= 11 is 1.20.